The molecule has 0 aromatic rings. The van der Waals surface area contributed by atoms with E-state index < -0.39 is 38.8 Å². The molecule has 1 aliphatic rings. The lowest BCUT2D eigenvalue weighted by Crippen LogP contribution is -2.46. The number of rotatable bonds is 31. The van der Waals surface area contributed by atoms with E-state index in [2.05, 4.69) is 42.0 Å². The van der Waals surface area contributed by atoms with Crippen LogP contribution in [0.15, 0.2) is 0 Å². The molecule has 1 aliphatic heterocycles. The van der Waals surface area contributed by atoms with Crippen LogP contribution in [0.25, 0.3) is 0 Å². The maximum absolute atomic E-state index is 13.0. The number of likely N-dealkylation sites (tertiary alicyclic amines) is 1. The summed E-state index contributed by atoms with van der Waals surface area (Å²) in [6, 6.07) is 0. The zero-order valence-electron chi connectivity index (χ0n) is 45.3. The van der Waals surface area contributed by atoms with Gasteiger partial charge in [-0.3, -0.25) is 33.7 Å². The third kappa shape index (κ3) is 25.3. The van der Waals surface area contributed by atoms with Crippen LogP contribution in [0.5, 0.6) is 0 Å². The lowest BCUT2D eigenvalue weighted by molar-refractivity contribution is -0.140. The van der Waals surface area contributed by atoms with Crippen LogP contribution in [0.4, 0.5) is 0 Å². The SMILES string of the molecule is CC(C)C1CC(=O)N(CCC(=O)NC(C)(C)CCOC(C)(C)CCC(=O)NC(C)(C)CCOC(C)(C)CCC(=O)NC(C)(C)CCOC(C)(C)CCNC(=O)C(C)(C)CCC(C)(C)C)C1=O. The van der Waals surface area contributed by atoms with Gasteiger partial charge in [0.05, 0.1) is 16.8 Å². The molecule has 0 spiro atoms. The summed E-state index contributed by atoms with van der Waals surface area (Å²) in [4.78, 5) is 77.9. The van der Waals surface area contributed by atoms with Gasteiger partial charge in [-0.05, 0) is 146 Å². The van der Waals surface area contributed by atoms with Crippen LogP contribution >= 0.6 is 0 Å². The fraction of sp³-hybridized carbons (Fsp3) is 0.885. The van der Waals surface area contributed by atoms with Gasteiger partial charge in [-0.15, -0.1) is 0 Å². The molecule has 1 atom stereocenters. The molecule has 0 bridgehead atoms. The summed E-state index contributed by atoms with van der Waals surface area (Å²) in [6.45, 7) is 39.9. The first-order valence-electron chi connectivity index (χ1n) is 24.7. The molecule has 0 aromatic carbocycles. The lowest BCUT2D eigenvalue weighted by atomic mass is 9.79. The topological polar surface area (TPSA) is 181 Å². The van der Waals surface area contributed by atoms with Gasteiger partial charge < -0.3 is 35.5 Å². The van der Waals surface area contributed by atoms with Crippen molar-refractivity contribution in [3.05, 3.63) is 0 Å². The minimum absolute atomic E-state index is 0.0473. The number of hydrogen-bond donors (Lipinski definition) is 4. The Hall–Kier alpha value is -3.10. The Morgan fingerprint density at radius 3 is 1.29 bits per heavy atom. The molecule has 14 heteroatoms. The van der Waals surface area contributed by atoms with Crippen molar-refractivity contribution in [2.24, 2.45) is 22.7 Å². The Balaban J connectivity index is 2.39. The highest BCUT2D eigenvalue weighted by molar-refractivity contribution is 6.03. The molecule has 1 unspecified atom stereocenters. The zero-order valence-corrected chi connectivity index (χ0v) is 45.3. The molecule has 0 aliphatic carbocycles. The van der Waals surface area contributed by atoms with E-state index in [-0.39, 0.29) is 78.5 Å². The monoisotopic (exact) mass is 936 g/mol. The highest BCUT2D eigenvalue weighted by Gasteiger charge is 2.40. The van der Waals surface area contributed by atoms with E-state index in [1.165, 1.54) is 4.90 Å². The van der Waals surface area contributed by atoms with Crippen molar-refractivity contribution in [2.45, 2.75) is 242 Å². The van der Waals surface area contributed by atoms with Crippen molar-refractivity contribution in [3.63, 3.8) is 0 Å². The minimum atomic E-state index is -0.574. The number of nitrogens with zero attached hydrogens (tertiary/aromatic N) is 1. The summed E-state index contributed by atoms with van der Waals surface area (Å²) in [7, 11) is 0. The molecule has 1 heterocycles. The predicted octanol–water partition coefficient (Wildman–Crippen LogP) is 8.57. The average Bonchev–Trinajstić information content (AvgIpc) is 3.42. The number of carbonyl (C=O) groups is 6. The number of imide groups is 1. The number of hydrogen-bond acceptors (Lipinski definition) is 9. The fourth-order valence-corrected chi connectivity index (χ4v) is 7.50. The van der Waals surface area contributed by atoms with Crippen molar-refractivity contribution < 1.29 is 43.0 Å². The van der Waals surface area contributed by atoms with Crippen LogP contribution in [0, 0.1) is 22.7 Å². The summed E-state index contributed by atoms with van der Waals surface area (Å²) in [6.07, 6.45) is 6.12. The summed E-state index contributed by atoms with van der Waals surface area (Å²) in [5.41, 5.74) is -3.35. The number of amides is 6. The summed E-state index contributed by atoms with van der Waals surface area (Å²) in [5.74, 6) is -0.945. The second kappa shape index (κ2) is 25.0. The Kier molecular flexibility index (Phi) is 23.0. The molecule has 0 aromatic heterocycles. The molecule has 0 saturated carbocycles. The molecule has 6 amide bonds. The van der Waals surface area contributed by atoms with E-state index >= 15 is 0 Å². The first-order valence-corrected chi connectivity index (χ1v) is 24.7. The average molecular weight is 936 g/mol. The highest BCUT2D eigenvalue weighted by atomic mass is 16.5. The molecule has 0 radical (unpaired) electrons. The normalized spacial score (nSPS) is 15.9. The zero-order chi connectivity index (χ0) is 51.2. The van der Waals surface area contributed by atoms with Crippen molar-refractivity contribution in [3.8, 4) is 0 Å². The maximum atomic E-state index is 13.0. The molecule has 1 rings (SSSR count). The van der Waals surface area contributed by atoms with E-state index in [4.69, 9.17) is 14.2 Å². The number of ether oxygens (including phenoxy) is 3. The third-order valence-corrected chi connectivity index (χ3v) is 12.8. The van der Waals surface area contributed by atoms with Gasteiger partial charge >= 0.3 is 0 Å². The molecule has 66 heavy (non-hydrogen) atoms. The molecule has 14 nitrogen and oxygen atoms in total. The summed E-state index contributed by atoms with van der Waals surface area (Å²) < 4.78 is 18.6. The minimum Gasteiger partial charge on any atom is -0.375 e. The van der Waals surface area contributed by atoms with Crippen molar-refractivity contribution in [2.75, 3.05) is 32.9 Å². The van der Waals surface area contributed by atoms with Gasteiger partial charge in [0.2, 0.25) is 35.4 Å². The largest absolute Gasteiger partial charge is 0.375 e. The van der Waals surface area contributed by atoms with Gasteiger partial charge in [0, 0.05) is 86.5 Å². The molecule has 384 valence electrons. The van der Waals surface area contributed by atoms with Crippen molar-refractivity contribution in [1.82, 2.24) is 26.2 Å². The standard InChI is InChI=1S/C52H97N5O9/c1-37(2)38-36-42(61)57(43(38)62)32-22-41(60)56-49(12,13)29-34-65-51(16,17)24-20-39(58)54-47(8,9)28-33-64-50(14,15)23-21-40(59)55-48(10,11)30-35-66-52(18,19)27-31-53-44(63)46(6,7)26-25-45(3,4)5/h37-38H,20-36H2,1-19H3,(H,53,63)(H,54,58)(H,55,59)(H,56,60). The Bertz CT molecular complexity index is 1610. The van der Waals surface area contributed by atoms with Gasteiger partial charge in [-0.25, -0.2) is 0 Å². The van der Waals surface area contributed by atoms with Crippen LogP contribution < -0.4 is 21.3 Å². The second-order valence-corrected chi connectivity index (χ2v) is 25.0. The van der Waals surface area contributed by atoms with Crippen LogP contribution in [0.2, 0.25) is 0 Å². The van der Waals surface area contributed by atoms with E-state index in [9.17, 15) is 28.8 Å². The second-order valence-electron chi connectivity index (χ2n) is 25.0. The lowest BCUT2D eigenvalue weighted by Gasteiger charge is -2.32. The summed E-state index contributed by atoms with van der Waals surface area (Å²) in [5, 5.41) is 12.4. The molecule has 4 N–H and O–H groups in total. The maximum Gasteiger partial charge on any atom is 0.233 e. The van der Waals surface area contributed by atoms with Crippen LogP contribution in [-0.4, -0.2) is 107 Å². The smallest absolute Gasteiger partial charge is 0.233 e. The third-order valence-electron chi connectivity index (χ3n) is 12.8. The molecule has 1 fully saturated rings. The first-order chi connectivity index (χ1) is 29.8. The van der Waals surface area contributed by atoms with E-state index in [1.807, 2.05) is 111 Å². The van der Waals surface area contributed by atoms with E-state index in [0.29, 0.717) is 71.3 Å². The highest BCUT2D eigenvalue weighted by Crippen LogP contribution is 2.31. The molecular weight excluding hydrogens is 839 g/mol. The number of carbonyl (C=O) groups excluding carboxylic acids is 6. The van der Waals surface area contributed by atoms with Crippen LogP contribution in [0.1, 0.15) is 209 Å². The van der Waals surface area contributed by atoms with Crippen molar-refractivity contribution >= 4 is 35.4 Å². The van der Waals surface area contributed by atoms with Gasteiger partial charge in [0.15, 0.2) is 0 Å². The van der Waals surface area contributed by atoms with E-state index in [1.54, 1.807) is 0 Å². The van der Waals surface area contributed by atoms with Gasteiger partial charge in [0.1, 0.15) is 0 Å². The molecular formula is C52H97N5O9. The number of nitrogens with one attached hydrogen (secondary N) is 4. The van der Waals surface area contributed by atoms with Crippen molar-refractivity contribution in [1.29, 1.82) is 0 Å². The Morgan fingerprint density at radius 1 is 0.545 bits per heavy atom. The molecule has 1 saturated heterocycles. The van der Waals surface area contributed by atoms with Gasteiger partial charge in [-0.1, -0.05) is 48.5 Å². The predicted molar refractivity (Wildman–Crippen MR) is 263 cm³/mol. The quantitative estimate of drug-likeness (QED) is 0.0495. The van der Waals surface area contributed by atoms with Crippen LogP contribution in [-0.2, 0) is 43.0 Å². The van der Waals surface area contributed by atoms with E-state index in [0.717, 1.165) is 12.8 Å². The van der Waals surface area contributed by atoms with Gasteiger partial charge in [0.25, 0.3) is 0 Å². The Morgan fingerprint density at radius 2 is 0.924 bits per heavy atom. The van der Waals surface area contributed by atoms with Crippen LogP contribution in [0.3, 0.4) is 0 Å². The van der Waals surface area contributed by atoms with Gasteiger partial charge in [-0.2, -0.15) is 0 Å². The summed E-state index contributed by atoms with van der Waals surface area (Å²) >= 11 is 0. The first kappa shape index (κ1) is 60.9. The Labute approximate surface area is 401 Å². The fourth-order valence-electron chi connectivity index (χ4n) is 7.50.